The van der Waals surface area contributed by atoms with Crippen molar-refractivity contribution in [3.63, 3.8) is 0 Å². The Morgan fingerprint density at radius 2 is 1.97 bits per heavy atom. The summed E-state index contributed by atoms with van der Waals surface area (Å²) in [4.78, 5) is 13.4. The van der Waals surface area contributed by atoms with Crippen molar-refractivity contribution in [2.24, 2.45) is 0 Å². The van der Waals surface area contributed by atoms with Gasteiger partial charge in [0.15, 0.2) is 5.82 Å². The Hall–Kier alpha value is -4.05. The number of nitriles is 1. The number of methoxy groups -OCH3 is 1. The second-order valence-electron chi connectivity index (χ2n) is 6.26. The number of nitrogens with one attached hydrogen (secondary N) is 1. The predicted molar refractivity (Wildman–Crippen MR) is 109 cm³/mol. The number of hydrogen-bond donors (Lipinski definition) is 1. The maximum absolute atomic E-state index is 13.6. The molecule has 0 saturated carbocycles. The van der Waals surface area contributed by atoms with Crippen molar-refractivity contribution >= 4 is 16.7 Å². The molecular formula is C22H16FN5O. The molecule has 6 nitrogen and oxygen atoms in total. The number of hydrogen-bond acceptors (Lipinski definition) is 6. The van der Waals surface area contributed by atoms with Crippen molar-refractivity contribution < 1.29 is 9.13 Å². The summed E-state index contributed by atoms with van der Waals surface area (Å²) in [5, 5.41) is 13.2. The van der Waals surface area contributed by atoms with Crippen LogP contribution in [0.1, 0.15) is 5.56 Å². The Bertz CT molecular complexity index is 1250. The van der Waals surface area contributed by atoms with Gasteiger partial charge in [0.25, 0.3) is 0 Å². The highest BCUT2D eigenvalue weighted by Gasteiger charge is 2.16. The summed E-state index contributed by atoms with van der Waals surface area (Å²) in [6.45, 7) is 0. The molecule has 0 radical (unpaired) electrons. The molecule has 4 aromatic rings. The van der Waals surface area contributed by atoms with Gasteiger partial charge < -0.3 is 10.1 Å². The van der Waals surface area contributed by atoms with Crippen LogP contribution in [0.5, 0.6) is 5.75 Å². The van der Waals surface area contributed by atoms with E-state index in [2.05, 4.69) is 20.3 Å². The molecule has 0 bridgehead atoms. The van der Waals surface area contributed by atoms with Crippen molar-refractivity contribution in [2.75, 3.05) is 19.5 Å². The van der Waals surface area contributed by atoms with E-state index >= 15 is 0 Å². The van der Waals surface area contributed by atoms with Crippen molar-refractivity contribution in [3.05, 3.63) is 66.2 Å². The van der Waals surface area contributed by atoms with Crippen LogP contribution in [0.15, 0.2) is 54.9 Å². The fourth-order valence-electron chi connectivity index (χ4n) is 3.19. The number of fused-ring (bicyclic) bond motifs is 1. The molecule has 2 heterocycles. The fraction of sp³-hybridized carbons (Fsp3) is 0.0909. The van der Waals surface area contributed by atoms with E-state index in [0.717, 1.165) is 10.9 Å². The molecule has 4 rings (SSSR count). The van der Waals surface area contributed by atoms with Gasteiger partial charge in [0.05, 0.1) is 18.7 Å². The molecule has 0 atom stereocenters. The number of anilines is 1. The van der Waals surface area contributed by atoms with Crippen LogP contribution in [0, 0.1) is 17.1 Å². The van der Waals surface area contributed by atoms with Gasteiger partial charge in [0.1, 0.15) is 22.9 Å². The smallest absolute Gasteiger partial charge is 0.163 e. The zero-order valence-electron chi connectivity index (χ0n) is 15.8. The summed E-state index contributed by atoms with van der Waals surface area (Å²) in [5.74, 6) is 1.18. The minimum Gasteiger partial charge on any atom is -0.494 e. The second-order valence-corrected chi connectivity index (χ2v) is 6.26. The van der Waals surface area contributed by atoms with Gasteiger partial charge in [0.2, 0.25) is 0 Å². The van der Waals surface area contributed by atoms with Crippen molar-refractivity contribution in [2.45, 2.75) is 0 Å². The van der Waals surface area contributed by atoms with Gasteiger partial charge in [-0.15, -0.1) is 0 Å². The average molecular weight is 385 g/mol. The first-order chi connectivity index (χ1) is 14.1. The first kappa shape index (κ1) is 18.3. The number of nitrogens with zero attached hydrogens (tertiary/aromatic N) is 4. The van der Waals surface area contributed by atoms with E-state index in [9.17, 15) is 9.65 Å². The zero-order chi connectivity index (χ0) is 20.4. The molecule has 1 N–H and O–H groups in total. The molecule has 2 aromatic heterocycles. The Morgan fingerprint density at radius 3 is 2.66 bits per heavy atom. The number of rotatable bonds is 4. The van der Waals surface area contributed by atoms with Gasteiger partial charge in [0, 0.05) is 30.4 Å². The van der Waals surface area contributed by atoms with Crippen LogP contribution in [0.2, 0.25) is 0 Å². The molecule has 0 aliphatic heterocycles. The number of pyridine rings is 1. The third-order valence-corrected chi connectivity index (χ3v) is 4.56. The maximum Gasteiger partial charge on any atom is 0.163 e. The molecule has 2 aromatic carbocycles. The standard InChI is InChI=1S/C22H16FN5O/c1-25-22-18-9-14(17-6-5-16(23)8-15(17)11-24)10-19(29-2)20(18)27-21(28-22)13-4-3-7-26-12-13/h3-10,12H,1-2H3,(H,25,27,28). The van der Waals surface area contributed by atoms with Crippen LogP contribution in [0.4, 0.5) is 10.2 Å². The third kappa shape index (κ3) is 3.32. The lowest BCUT2D eigenvalue weighted by Crippen LogP contribution is -2.01. The average Bonchev–Trinajstić information content (AvgIpc) is 2.78. The van der Waals surface area contributed by atoms with E-state index in [0.29, 0.717) is 34.0 Å². The van der Waals surface area contributed by atoms with Crippen LogP contribution in [-0.2, 0) is 0 Å². The van der Waals surface area contributed by atoms with Gasteiger partial charge in [-0.2, -0.15) is 5.26 Å². The minimum absolute atomic E-state index is 0.241. The van der Waals surface area contributed by atoms with E-state index in [1.54, 1.807) is 38.7 Å². The van der Waals surface area contributed by atoms with Crippen molar-refractivity contribution in [1.82, 2.24) is 15.0 Å². The molecule has 0 saturated heterocycles. The molecule has 29 heavy (non-hydrogen) atoms. The number of benzene rings is 2. The fourth-order valence-corrected chi connectivity index (χ4v) is 3.19. The van der Waals surface area contributed by atoms with Crippen molar-refractivity contribution in [3.8, 4) is 34.3 Å². The van der Waals surface area contributed by atoms with E-state index in [4.69, 9.17) is 4.74 Å². The Balaban J connectivity index is 1.99. The van der Waals surface area contributed by atoms with Crippen LogP contribution in [-0.4, -0.2) is 29.1 Å². The molecule has 0 unspecified atom stereocenters. The van der Waals surface area contributed by atoms with Crippen LogP contribution in [0.3, 0.4) is 0 Å². The number of halogens is 1. The first-order valence-electron chi connectivity index (χ1n) is 8.82. The van der Waals surface area contributed by atoms with Crippen LogP contribution >= 0.6 is 0 Å². The molecular weight excluding hydrogens is 369 g/mol. The quantitative estimate of drug-likeness (QED) is 0.560. The Labute approximate surface area is 166 Å². The summed E-state index contributed by atoms with van der Waals surface area (Å²) in [7, 11) is 3.33. The maximum atomic E-state index is 13.6. The van der Waals surface area contributed by atoms with E-state index < -0.39 is 5.82 Å². The lowest BCUT2D eigenvalue weighted by molar-refractivity contribution is 0.419. The van der Waals surface area contributed by atoms with Gasteiger partial charge >= 0.3 is 0 Å². The topological polar surface area (TPSA) is 83.7 Å². The lowest BCUT2D eigenvalue weighted by atomic mass is 9.98. The normalized spacial score (nSPS) is 10.6. The highest BCUT2D eigenvalue weighted by molar-refractivity contribution is 5.98. The van der Waals surface area contributed by atoms with Crippen molar-refractivity contribution in [1.29, 1.82) is 5.26 Å². The van der Waals surface area contributed by atoms with Gasteiger partial charge in [-0.05, 0) is 47.5 Å². The summed E-state index contributed by atoms with van der Waals surface area (Å²) >= 11 is 0. The van der Waals surface area contributed by atoms with E-state index in [1.165, 1.54) is 12.1 Å². The molecule has 0 aliphatic carbocycles. The molecule has 0 amide bonds. The summed E-state index contributed by atoms with van der Waals surface area (Å²) in [6.07, 6.45) is 3.38. The van der Waals surface area contributed by atoms with Gasteiger partial charge in [-0.3, -0.25) is 4.98 Å². The predicted octanol–water partition coefficient (Wildman–Crippen LogP) is 4.42. The van der Waals surface area contributed by atoms with E-state index in [1.807, 2.05) is 24.3 Å². The Kier molecular flexibility index (Phi) is 4.75. The van der Waals surface area contributed by atoms with E-state index in [-0.39, 0.29) is 5.56 Å². The third-order valence-electron chi connectivity index (χ3n) is 4.56. The summed E-state index contributed by atoms with van der Waals surface area (Å²) in [5.41, 5.74) is 2.95. The number of ether oxygens (including phenoxy) is 1. The minimum atomic E-state index is -0.460. The molecule has 0 aliphatic rings. The molecule has 0 spiro atoms. The molecule has 0 fully saturated rings. The highest BCUT2D eigenvalue weighted by atomic mass is 19.1. The Morgan fingerprint density at radius 1 is 1.10 bits per heavy atom. The lowest BCUT2D eigenvalue weighted by Gasteiger charge is -2.14. The van der Waals surface area contributed by atoms with Crippen LogP contribution < -0.4 is 10.1 Å². The highest BCUT2D eigenvalue weighted by Crippen LogP contribution is 2.36. The van der Waals surface area contributed by atoms with Gasteiger partial charge in [-0.1, -0.05) is 6.07 Å². The summed E-state index contributed by atoms with van der Waals surface area (Å²) in [6, 6.07) is 13.5. The molecule has 142 valence electrons. The van der Waals surface area contributed by atoms with Crippen LogP contribution in [0.25, 0.3) is 33.4 Å². The second kappa shape index (κ2) is 7.52. The SMILES string of the molecule is CNc1nc(-c2cccnc2)nc2c(OC)cc(-c3ccc(F)cc3C#N)cc12. The summed E-state index contributed by atoms with van der Waals surface area (Å²) < 4.78 is 19.1. The van der Waals surface area contributed by atoms with Gasteiger partial charge in [-0.25, -0.2) is 14.4 Å². The number of aromatic nitrogens is 3. The molecule has 7 heteroatoms. The zero-order valence-corrected chi connectivity index (χ0v) is 15.8. The first-order valence-corrected chi connectivity index (χ1v) is 8.82. The largest absolute Gasteiger partial charge is 0.494 e. The monoisotopic (exact) mass is 385 g/mol.